The molecule has 0 radical (unpaired) electrons. The molecule has 3 aromatic rings. The summed E-state index contributed by atoms with van der Waals surface area (Å²) in [6.45, 7) is 0. The zero-order valence-corrected chi connectivity index (χ0v) is 10.6. The standard InChI is InChI=1S/C13H10N4OS/c14-12-11-10(16-6-17-12)9(5-19-11)7-1-3-8(4-2-7)13(15)18/h1-6H,(H2,15,18)(H2,14,16,17). The molecule has 0 spiro atoms. The fourth-order valence-electron chi connectivity index (χ4n) is 1.89. The van der Waals surface area contributed by atoms with Crippen LogP contribution in [-0.2, 0) is 0 Å². The largest absolute Gasteiger partial charge is 0.382 e. The molecule has 0 unspecified atom stereocenters. The van der Waals surface area contributed by atoms with Gasteiger partial charge in [0.05, 0.1) is 10.2 Å². The molecular formula is C13H10N4OS. The Morgan fingerprint density at radius 3 is 2.58 bits per heavy atom. The van der Waals surface area contributed by atoms with E-state index in [1.165, 1.54) is 17.7 Å². The summed E-state index contributed by atoms with van der Waals surface area (Å²) in [5, 5.41) is 1.98. The fraction of sp³-hybridized carbons (Fsp3) is 0. The molecule has 5 nitrogen and oxygen atoms in total. The predicted molar refractivity (Wildman–Crippen MR) is 75.8 cm³/mol. The molecule has 3 rings (SSSR count). The van der Waals surface area contributed by atoms with Gasteiger partial charge in [0.25, 0.3) is 0 Å². The topological polar surface area (TPSA) is 94.9 Å². The molecule has 2 aromatic heterocycles. The number of carbonyl (C=O) groups is 1. The monoisotopic (exact) mass is 270 g/mol. The Balaban J connectivity index is 2.14. The van der Waals surface area contributed by atoms with E-state index in [1.54, 1.807) is 12.1 Å². The minimum Gasteiger partial charge on any atom is -0.382 e. The van der Waals surface area contributed by atoms with Gasteiger partial charge in [-0.25, -0.2) is 9.97 Å². The summed E-state index contributed by atoms with van der Waals surface area (Å²) >= 11 is 1.50. The van der Waals surface area contributed by atoms with E-state index in [1.807, 2.05) is 17.5 Å². The molecule has 0 aliphatic heterocycles. The molecule has 2 heterocycles. The molecule has 1 amide bonds. The highest BCUT2D eigenvalue weighted by Crippen LogP contribution is 2.34. The first-order valence-corrected chi connectivity index (χ1v) is 6.42. The number of fused-ring (bicyclic) bond motifs is 1. The number of hydrogen-bond donors (Lipinski definition) is 2. The molecule has 4 N–H and O–H groups in total. The lowest BCUT2D eigenvalue weighted by atomic mass is 10.1. The van der Waals surface area contributed by atoms with Gasteiger partial charge in [-0.1, -0.05) is 12.1 Å². The van der Waals surface area contributed by atoms with E-state index >= 15 is 0 Å². The number of primary amides is 1. The van der Waals surface area contributed by atoms with Crippen molar-refractivity contribution in [3.8, 4) is 11.1 Å². The summed E-state index contributed by atoms with van der Waals surface area (Å²) in [7, 11) is 0. The number of anilines is 1. The van der Waals surface area contributed by atoms with Crippen LogP contribution in [0.2, 0.25) is 0 Å². The molecule has 0 fully saturated rings. The van der Waals surface area contributed by atoms with Crippen LogP contribution in [0.25, 0.3) is 21.3 Å². The lowest BCUT2D eigenvalue weighted by molar-refractivity contribution is 0.100. The summed E-state index contributed by atoms with van der Waals surface area (Å²) < 4.78 is 0.872. The summed E-state index contributed by atoms with van der Waals surface area (Å²) in [6, 6.07) is 7.09. The number of aromatic nitrogens is 2. The number of thiophene rings is 1. The maximum atomic E-state index is 11.0. The quantitative estimate of drug-likeness (QED) is 0.745. The van der Waals surface area contributed by atoms with Crippen molar-refractivity contribution in [2.45, 2.75) is 0 Å². The first-order valence-electron chi connectivity index (χ1n) is 5.54. The Morgan fingerprint density at radius 2 is 1.89 bits per heavy atom. The van der Waals surface area contributed by atoms with Gasteiger partial charge in [-0.05, 0) is 17.7 Å². The van der Waals surface area contributed by atoms with Crippen LogP contribution in [0, 0.1) is 0 Å². The van der Waals surface area contributed by atoms with Crippen LogP contribution in [-0.4, -0.2) is 15.9 Å². The molecule has 6 heteroatoms. The van der Waals surface area contributed by atoms with Gasteiger partial charge in [-0.15, -0.1) is 11.3 Å². The molecule has 94 valence electrons. The number of carbonyl (C=O) groups excluding carboxylic acids is 1. The number of benzene rings is 1. The maximum absolute atomic E-state index is 11.0. The molecule has 0 saturated heterocycles. The van der Waals surface area contributed by atoms with Gasteiger partial charge in [-0.2, -0.15) is 0 Å². The van der Waals surface area contributed by atoms with E-state index in [0.717, 1.165) is 21.3 Å². The van der Waals surface area contributed by atoms with E-state index in [9.17, 15) is 4.79 Å². The lowest BCUT2D eigenvalue weighted by Crippen LogP contribution is -2.10. The Bertz CT molecular complexity index is 764. The Morgan fingerprint density at radius 1 is 1.16 bits per heavy atom. The van der Waals surface area contributed by atoms with E-state index in [4.69, 9.17) is 11.5 Å². The highest BCUT2D eigenvalue weighted by atomic mass is 32.1. The third kappa shape index (κ3) is 1.92. The van der Waals surface area contributed by atoms with Crippen molar-refractivity contribution in [3.05, 3.63) is 41.5 Å². The van der Waals surface area contributed by atoms with Crippen LogP contribution in [0.4, 0.5) is 5.82 Å². The molecule has 0 saturated carbocycles. The minimum absolute atomic E-state index is 0.437. The Labute approximate surface area is 112 Å². The smallest absolute Gasteiger partial charge is 0.248 e. The van der Waals surface area contributed by atoms with Crippen molar-refractivity contribution < 1.29 is 4.79 Å². The fourth-order valence-corrected chi connectivity index (χ4v) is 2.82. The number of hydrogen-bond acceptors (Lipinski definition) is 5. The van der Waals surface area contributed by atoms with Gasteiger partial charge < -0.3 is 11.5 Å². The number of nitrogens with zero attached hydrogens (tertiary/aromatic N) is 2. The number of rotatable bonds is 2. The van der Waals surface area contributed by atoms with Crippen LogP contribution in [0.5, 0.6) is 0 Å². The zero-order chi connectivity index (χ0) is 13.4. The second kappa shape index (κ2) is 4.33. The van der Waals surface area contributed by atoms with Crippen LogP contribution in [0.3, 0.4) is 0 Å². The Hall–Kier alpha value is -2.47. The molecule has 0 aliphatic rings. The predicted octanol–water partition coefficient (Wildman–Crippen LogP) is 2.04. The van der Waals surface area contributed by atoms with Gasteiger partial charge in [0.15, 0.2) is 0 Å². The second-order valence-corrected chi connectivity index (χ2v) is 4.91. The van der Waals surface area contributed by atoms with Gasteiger partial charge in [0.1, 0.15) is 12.1 Å². The number of nitrogen functional groups attached to an aromatic ring is 1. The third-order valence-corrected chi connectivity index (χ3v) is 3.85. The number of amides is 1. The second-order valence-electron chi connectivity index (χ2n) is 4.03. The average Bonchev–Trinajstić information content (AvgIpc) is 2.84. The summed E-state index contributed by atoms with van der Waals surface area (Å²) in [5.41, 5.74) is 14.3. The van der Waals surface area contributed by atoms with Crippen LogP contribution >= 0.6 is 11.3 Å². The van der Waals surface area contributed by atoms with E-state index in [2.05, 4.69) is 9.97 Å². The van der Waals surface area contributed by atoms with E-state index in [-0.39, 0.29) is 0 Å². The summed E-state index contributed by atoms with van der Waals surface area (Å²) in [4.78, 5) is 19.3. The molecule has 1 aromatic carbocycles. The van der Waals surface area contributed by atoms with Crippen molar-refractivity contribution in [2.75, 3.05) is 5.73 Å². The molecular weight excluding hydrogens is 260 g/mol. The maximum Gasteiger partial charge on any atom is 0.248 e. The SMILES string of the molecule is NC(=O)c1ccc(-c2csc3c(N)ncnc23)cc1. The highest BCUT2D eigenvalue weighted by molar-refractivity contribution is 7.18. The number of nitrogens with two attached hydrogens (primary N) is 2. The van der Waals surface area contributed by atoms with Crippen LogP contribution < -0.4 is 11.5 Å². The highest BCUT2D eigenvalue weighted by Gasteiger charge is 2.10. The average molecular weight is 270 g/mol. The first kappa shape index (κ1) is 11.6. The van der Waals surface area contributed by atoms with Crippen molar-refractivity contribution in [2.24, 2.45) is 5.73 Å². The molecule has 0 bridgehead atoms. The van der Waals surface area contributed by atoms with Crippen molar-refractivity contribution in [1.82, 2.24) is 9.97 Å². The Kier molecular flexibility index (Phi) is 2.64. The third-order valence-electron chi connectivity index (χ3n) is 2.86. The van der Waals surface area contributed by atoms with Gasteiger partial charge in [0, 0.05) is 16.5 Å². The van der Waals surface area contributed by atoms with Crippen molar-refractivity contribution in [1.29, 1.82) is 0 Å². The molecule has 0 atom stereocenters. The zero-order valence-electron chi connectivity index (χ0n) is 9.83. The summed E-state index contributed by atoms with van der Waals surface area (Å²) in [5.74, 6) is 0.0447. The van der Waals surface area contributed by atoms with Crippen LogP contribution in [0.15, 0.2) is 36.0 Å². The van der Waals surface area contributed by atoms with Crippen LogP contribution in [0.1, 0.15) is 10.4 Å². The van der Waals surface area contributed by atoms with E-state index < -0.39 is 5.91 Å². The van der Waals surface area contributed by atoms with Gasteiger partial charge in [0.2, 0.25) is 5.91 Å². The summed E-state index contributed by atoms with van der Waals surface area (Å²) in [6.07, 6.45) is 1.45. The van der Waals surface area contributed by atoms with Crippen molar-refractivity contribution in [3.63, 3.8) is 0 Å². The lowest BCUT2D eigenvalue weighted by Gasteiger charge is -2.01. The van der Waals surface area contributed by atoms with Crippen molar-refractivity contribution >= 4 is 33.3 Å². The normalized spacial score (nSPS) is 10.7. The minimum atomic E-state index is -0.437. The molecule has 0 aliphatic carbocycles. The van der Waals surface area contributed by atoms with Gasteiger partial charge >= 0.3 is 0 Å². The first-order chi connectivity index (χ1) is 9.16. The molecule has 19 heavy (non-hydrogen) atoms. The van der Waals surface area contributed by atoms with Gasteiger partial charge in [-0.3, -0.25) is 4.79 Å². The van der Waals surface area contributed by atoms with E-state index in [0.29, 0.717) is 11.4 Å².